The number of thioether (sulfide) groups is 1. The van der Waals surface area contributed by atoms with Crippen molar-refractivity contribution in [1.82, 2.24) is 5.32 Å². The van der Waals surface area contributed by atoms with E-state index in [1.54, 1.807) is 32.4 Å². The van der Waals surface area contributed by atoms with Gasteiger partial charge in [0, 0.05) is 22.7 Å². The maximum absolute atomic E-state index is 13.1. The Hall–Kier alpha value is -2.67. The molecule has 4 atom stereocenters. The number of carbonyl (C=O) groups is 2. The van der Waals surface area contributed by atoms with Crippen molar-refractivity contribution in [3.8, 4) is 11.5 Å². The maximum Gasteiger partial charge on any atom is 0.252 e. The van der Waals surface area contributed by atoms with Crippen LogP contribution >= 0.6 is 11.8 Å². The second kappa shape index (κ2) is 10.5. The number of rotatable bonds is 9. The average Bonchev–Trinajstić information content (AvgIpc) is 3.47. The molecule has 6 nitrogen and oxygen atoms in total. The number of benzene rings is 2. The van der Waals surface area contributed by atoms with E-state index in [0.717, 1.165) is 16.7 Å². The van der Waals surface area contributed by atoms with Crippen molar-refractivity contribution in [3.05, 3.63) is 48.0 Å². The summed E-state index contributed by atoms with van der Waals surface area (Å²) in [5.74, 6) is 3.33. The van der Waals surface area contributed by atoms with E-state index >= 15 is 0 Å². The summed E-state index contributed by atoms with van der Waals surface area (Å²) in [6.07, 6.45) is 5.22. The van der Waals surface area contributed by atoms with Crippen LogP contribution in [0.3, 0.4) is 0 Å². The molecule has 176 valence electrons. The van der Waals surface area contributed by atoms with E-state index in [-0.39, 0.29) is 23.6 Å². The summed E-state index contributed by atoms with van der Waals surface area (Å²) >= 11 is 1.36. The molecule has 2 fully saturated rings. The summed E-state index contributed by atoms with van der Waals surface area (Å²) in [5.41, 5.74) is 1.25. The minimum Gasteiger partial charge on any atom is -0.493 e. The molecular formula is C26H32N2O4S. The number of carbonyl (C=O) groups excluding carboxylic acids is 2. The number of hydrogen-bond acceptors (Lipinski definition) is 5. The lowest BCUT2D eigenvalue weighted by Gasteiger charge is -2.28. The van der Waals surface area contributed by atoms with Crippen molar-refractivity contribution in [2.45, 2.75) is 43.5 Å². The van der Waals surface area contributed by atoms with Crippen molar-refractivity contribution in [2.24, 2.45) is 17.8 Å². The average molecular weight is 469 g/mol. The van der Waals surface area contributed by atoms with Crippen LogP contribution in [-0.2, 0) is 4.79 Å². The fourth-order valence-corrected chi connectivity index (χ4v) is 6.18. The van der Waals surface area contributed by atoms with Gasteiger partial charge < -0.3 is 20.1 Å². The van der Waals surface area contributed by atoms with Crippen molar-refractivity contribution in [2.75, 3.05) is 25.3 Å². The van der Waals surface area contributed by atoms with E-state index in [4.69, 9.17) is 9.47 Å². The summed E-state index contributed by atoms with van der Waals surface area (Å²) in [6, 6.07) is 12.9. The molecule has 2 aliphatic rings. The van der Waals surface area contributed by atoms with E-state index in [9.17, 15) is 9.59 Å². The highest BCUT2D eigenvalue weighted by atomic mass is 32.2. The van der Waals surface area contributed by atoms with E-state index < -0.39 is 0 Å². The van der Waals surface area contributed by atoms with Crippen LogP contribution in [0.1, 0.15) is 43.0 Å². The lowest BCUT2D eigenvalue weighted by Crippen LogP contribution is -2.40. The molecule has 0 saturated heterocycles. The molecule has 4 rings (SSSR count). The summed E-state index contributed by atoms with van der Waals surface area (Å²) in [5, 5.41) is 6.11. The zero-order chi connectivity index (χ0) is 23.4. The van der Waals surface area contributed by atoms with Crippen molar-refractivity contribution >= 4 is 29.3 Å². The quantitative estimate of drug-likeness (QED) is 0.507. The largest absolute Gasteiger partial charge is 0.493 e. The van der Waals surface area contributed by atoms with Crippen LogP contribution in [0.15, 0.2) is 47.4 Å². The second-order valence-electron chi connectivity index (χ2n) is 9.00. The van der Waals surface area contributed by atoms with E-state index in [1.807, 2.05) is 24.3 Å². The Balaban J connectivity index is 1.34. The Kier molecular flexibility index (Phi) is 7.48. The molecule has 2 bridgehead atoms. The first kappa shape index (κ1) is 23.5. The number of nitrogens with one attached hydrogen (secondary N) is 2. The Morgan fingerprint density at radius 3 is 2.55 bits per heavy atom. The van der Waals surface area contributed by atoms with Crippen LogP contribution in [0.4, 0.5) is 5.69 Å². The third kappa shape index (κ3) is 5.46. The molecule has 0 aliphatic heterocycles. The molecule has 0 radical (unpaired) electrons. The molecule has 0 unspecified atom stereocenters. The van der Waals surface area contributed by atoms with Crippen molar-refractivity contribution in [3.63, 3.8) is 0 Å². The minimum absolute atomic E-state index is 0.0614. The van der Waals surface area contributed by atoms with Crippen LogP contribution in [0.2, 0.25) is 0 Å². The van der Waals surface area contributed by atoms with Gasteiger partial charge in [-0.15, -0.1) is 11.8 Å². The fourth-order valence-electron chi connectivity index (χ4n) is 5.33. The fraction of sp³-hybridized carbons (Fsp3) is 0.462. The van der Waals surface area contributed by atoms with Gasteiger partial charge in [0.15, 0.2) is 11.5 Å². The normalized spacial score (nSPS) is 22.0. The highest BCUT2D eigenvalue weighted by molar-refractivity contribution is 8.00. The summed E-state index contributed by atoms with van der Waals surface area (Å²) < 4.78 is 10.5. The van der Waals surface area contributed by atoms with Crippen LogP contribution < -0.4 is 20.1 Å². The molecule has 33 heavy (non-hydrogen) atoms. The van der Waals surface area contributed by atoms with Gasteiger partial charge in [-0.1, -0.05) is 18.6 Å². The highest BCUT2D eigenvalue weighted by Gasteiger charge is 2.42. The third-order valence-corrected chi connectivity index (χ3v) is 8.03. The van der Waals surface area contributed by atoms with Gasteiger partial charge in [-0.25, -0.2) is 0 Å². The van der Waals surface area contributed by atoms with Crippen LogP contribution in [0, 0.1) is 17.8 Å². The molecule has 2 amide bonds. The monoisotopic (exact) mass is 468 g/mol. The number of amides is 2. The predicted molar refractivity (Wildman–Crippen MR) is 131 cm³/mol. The number of ether oxygens (including phenoxy) is 2. The first-order valence-electron chi connectivity index (χ1n) is 11.5. The van der Waals surface area contributed by atoms with E-state index in [2.05, 4.69) is 17.6 Å². The lowest BCUT2D eigenvalue weighted by molar-refractivity contribution is -0.113. The third-order valence-electron chi connectivity index (χ3n) is 6.95. The molecular weight excluding hydrogens is 436 g/mol. The minimum atomic E-state index is -0.155. The Bertz CT molecular complexity index is 1010. The maximum atomic E-state index is 13.1. The molecule has 2 aromatic carbocycles. The standard InChI is InChI=1S/C26H32N2O4S/c1-16(21-13-17-8-9-18(21)12-17)27-26(30)20-6-4-5-7-24(20)33-15-25(29)28-19-10-11-22(31-2)23(14-19)32-3/h4-7,10-11,14,16-18,21H,8-9,12-13,15H2,1-3H3,(H,27,30)(H,28,29)/t16-,17+,18+,21+/m1/s1. The Morgan fingerprint density at radius 2 is 1.85 bits per heavy atom. The van der Waals surface area contributed by atoms with Gasteiger partial charge in [0.1, 0.15) is 0 Å². The number of anilines is 1. The molecule has 7 heteroatoms. The van der Waals surface area contributed by atoms with Gasteiger partial charge in [0.25, 0.3) is 5.91 Å². The zero-order valence-corrected chi connectivity index (χ0v) is 20.2. The molecule has 2 N–H and O–H groups in total. The number of fused-ring (bicyclic) bond motifs is 2. The van der Waals surface area contributed by atoms with Crippen molar-refractivity contribution < 1.29 is 19.1 Å². The SMILES string of the molecule is COc1ccc(NC(=O)CSc2ccccc2C(=O)N[C@H](C)[C@@H]2C[C@H]3CC[C@H]2C3)cc1OC. The summed E-state index contributed by atoms with van der Waals surface area (Å²) in [6.45, 7) is 2.13. The molecule has 2 aromatic rings. The van der Waals surface area contributed by atoms with Crippen LogP contribution in [0.25, 0.3) is 0 Å². The Labute approximate surface area is 199 Å². The second-order valence-corrected chi connectivity index (χ2v) is 10.0. The van der Waals surface area contributed by atoms with E-state index in [1.165, 1.54) is 37.4 Å². The topological polar surface area (TPSA) is 76.7 Å². The molecule has 0 heterocycles. The molecule has 2 aliphatic carbocycles. The Morgan fingerprint density at radius 1 is 1.06 bits per heavy atom. The summed E-state index contributed by atoms with van der Waals surface area (Å²) in [4.78, 5) is 26.4. The van der Waals surface area contributed by atoms with Gasteiger partial charge in [0.2, 0.25) is 5.91 Å². The molecule has 0 aromatic heterocycles. The lowest BCUT2D eigenvalue weighted by atomic mass is 9.84. The highest BCUT2D eigenvalue weighted by Crippen LogP contribution is 2.49. The van der Waals surface area contributed by atoms with E-state index in [0.29, 0.717) is 28.7 Å². The van der Waals surface area contributed by atoms with Gasteiger partial charge in [-0.05, 0) is 68.2 Å². The smallest absolute Gasteiger partial charge is 0.252 e. The van der Waals surface area contributed by atoms with Crippen LogP contribution in [0.5, 0.6) is 11.5 Å². The predicted octanol–water partition coefficient (Wildman–Crippen LogP) is 4.99. The number of hydrogen-bond donors (Lipinski definition) is 2. The first-order valence-corrected chi connectivity index (χ1v) is 12.5. The summed E-state index contributed by atoms with van der Waals surface area (Å²) in [7, 11) is 3.12. The zero-order valence-electron chi connectivity index (χ0n) is 19.4. The van der Waals surface area contributed by atoms with Gasteiger partial charge in [-0.3, -0.25) is 9.59 Å². The first-order chi connectivity index (χ1) is 16.0. The molecule has 2 saturated carbocycles. The van der Waals surface area contributed by atoms with Crippen LogP contribution in [-0.4, -0.2) is 37.8 Å². The van der Waals surface area contributed by atoms with Gasteiger partial charge >= 0.3 is 0 Å². The molecule has 0 spiro atoms. The number of methoxy groups -OCH3 is 2. The van der Waals surface area contributed by atoms with Gasteiger partial charge in [-0.2, -0.15) is 0 Å². The van der Waals surface area contributed by atoms with Gasteiger partial charge in [0.05, 0.1) is 25.5 Å². The van der Waals surface area contributed by atoms with Crippen molar-refractivity contribution in [1.29, 1.82) is 0 Å².